The molecule has 0 saturated heterocycles. The molecule has 0 aromatic heterocycles. The number of rotatable bonds is 5. The van der Waals surface area contributed by atoms with Crippen molar-refractivity contribution >= 4 is 27.3 Å². The summed E-state index contributed by atoms with van der Waals surface area (Å²) in [5.74, 6) is -1.93. The van der Waals surface area contributed by atoms with E-state index in [0.29, 0.717) is 12.1 Å². The molecule has 6 nitrogen and oxygen atoms in total. The molecule has 0 spiro atoms. The van der Waals surface area contributed by atoms with Gasteiger partial charge in [-0.25, -0.2) is 8.42 Å². The van der Waals surface area contributed by atoms with Gasteiger partial charge in [0.05, 0.1) is 5.75 Å². The van der Waals surface area contributed by atoms with Crippen LogP contribution in [0.15, 0.2) is 48.5 Å². The molecule has 2 aromatic rings. The van der Waals surface area contributed by atoms with Crippen LogP contribution >= 0.6 is 0 Å². The van der Waals surface area contributed by atoms with Crippen molar-refractivity contribution in [2.24, 2.45) is 5.73 Å². The zero-order chi connectivity index (χ0) is 18.0. The molecule has 130 valence electrons. The van der Waals surface area contributed by atoms with Gasteiger partial charge in [0.2, 0.25) is 11.8 Å². The first-order chi connectivity index (χ1) is 11.9. The molecule has 2 amide bonds. The van der Waals surface area contributed by atoms with Crippen molar-refractivity contribution in [3.8, 4) is 0 Å². The summed E-state index contributed by atoms with van der Waals surface area (Å²) < 4.78 is 24.8. The molecule has 0 unspecified atom stereocenters. The van der Waals surface area contributed by atoms with Crippen LogP contribution in [0.4, 0.5) is 5.69 Å². The fourth-order valence-corrected chi connectivity index (χ4v) is 4.30. The van der Waals surface area contributed by atoms with Crippen LogP contribution in [0.25, 0.3) is 0 Å². The second kappa shape index (κ2) is 6.68. The third-order valence-corrected chi connectivity index (χ3v) is 5.59. The number of benzene rings is 2. The molecule has 2 N–H and O–H groups in total. The van der Waals surface area contributed by atoms with Crippen LogP contribution in [0.3, 0.4) is 0 Å². The average molecular weight is 358 g/mol. The maximum Gasteiger partial charge on any atom is 0.248 e. The normalized spacial score (nSPS) is 13.5. The van der Waals surface area contributed by atoms with Crippen molar-refractivity contribution in [3.05, 3.63) is 65.2 Å². The lowest BCUT2D eigenvalue weighted by molar-refractivity contribution is -0.116. The molecule has 0 fully saturated rings. The third-order valence-electron chi connectivity index (χ3n) is 4.13. The number of hydrogen-bond donors (Lipinski definition) is 1. The van der Waals surface area contributed by atoms with E-state index >= 15 is 0 Å². The van der Waals surface area contributed by atoms with Crippen LogP contribution in [-0.2, 0) is 26.8 Å². The van der Waals surface area contributed by atoms with Crippen LogP contribution in [-0.4, -0.2) is 32.5 Å². The monoisotopic (exact) mass is 358 g/mol. The Morgan fingerprint density at radius 1 is 1.08 bits per heavy atom. The van der Waals surface area contributed by atoms with E-state index in [1.54, 1.807) is 12.1 Å². The maximum absolute atomic E-state index is 12.5. The molecule has 0 aliphatic carbocycles. The van der Waals surface area contributed by atoms with Gasteiger partial charge in [0.25, 0.3) is 0 Å². The number of nitrogens with zero attached hydrogens (tertiary/aromatic N) is 1. The topological polar surface area (TPSA) is 97.5 Å². The Bertz CT molecular complexity index is 938. The number of hydrogen-bond acceptors (Lipinski definition) is 4. The van der Waals surface area contributed by atoms with Crippen molar-refractivity contribution in [1.29, 1.82) is 0 Å². The largest absolute Gasteiger partial charge is 0.366 e. The lowest BCUT2D eigenvalue weighted by atomic mass is 10.1. The lowest BCUT2D eigenvalue weighted by Gasteiger charge is -2.17. The number of carbonyl (C=O) groups is 2. The lowest BCUT2D eigenvalue weighted by Crippen LogP contribution is -2.34. The molecule has 2 aromatic carbocycles. The Balaban J connectivity index is 1.73. The highest BCUT2D eigenvalue weighted by Gasteiger charge is 2.28. The molecule has 0 bridgehead atoms. The SMILES string of the molecule is NC(=O)c1cccc(CS(=O)(=O)CC(=O)N2CCc3ccccc32)c1. The number of nitrogens with two attached hydrogens (primary N) is 1. The summed E-state index contributed by atoms with van der Waals surface area (Å²) >= 11 is 0. The van der Waals surface area contributed by atoms with E-state index in [2.05, 4.69) is 0 Å². The summed E-state index contributed by atoms with van der Waals surface area (Å²) in [7, 11) is -3.66. The molecule has 1 heterocycles. The summed E-state index contributed by atoms with van der Waals surface area (Å²) in [6, 6.07) is 13.6. The van der Waals surface area contributed by atoms with Gasteiger partial charge in [-0.05, 0) is 35.7 Å². The van der Waals surface area contributed by atoms with Crippen molar-refractivity contribution in [1.82, 2.24) is 0 Å². The maximum atomic E-state index is 12.5. The summed E-state index contributed by atoms with van der Waals surface area (Å²) in [6.07, 6.45) is 0.725. The molecule has 0 atom stereocenters. The minimum absolute atomic E-state index is 0.243. The predicted octanol–water partition coefficient (Wildman–Crippen LogP) is 1.29. The number of fused-ring (bicyclic) bond motifs is 1. The summed E-state index contributed by atoms with van der Waals surface area (Å²) in [4.78, 5) is 25.2. The van der Waals surface area contributed by atoms with Gasteiger partial charge in [-0.15, -0.1) is 0 Å². The van der Waals surface area contributed by atoms with Gasteiger partial charge in [0.1, 0.15) is 5.75 Å². The summed E-state index contributed by atoms with van der Waals surface area (Å²) in [5.41, 5.74) is 7.71. The number of primary amides is 1. The van der Waals surface area contributed by atoms with Crippen molar-refractivity contribution < 1.29 is 18.0 Å². The van der Waals surface area contributed by atoms with E-state index in [1.807, 2.05) is 24.3 Å². The van der Waals surface area contributed by atoms with Crippen LogP contribution in [0.1, 0.15) is 21.5 Å². The Morgan fingerprint density at radius 3 is 2.60 bits per heavy atom. The fourth-order valence-electron chi connectivity index (χ4n) is 2.98. The number of carbonyl (C=O) groups excluding carboxylic acids is 2. The zero-order valence-electron chi connectivity index (χ0n) is 13.5. The van der Waals surface area contributed by atoms with Crippen molar-refractivity contribution in [2.45, 2.75) is 12.2 Å². The van der Waals surface area contributed by atoms with Crippen molar-refractivity contribution in [3.63, 3.8) is 0 Å². The second-order valence-electron chi connectivity index (χ2n) is 6.02. The highest BCUT2D eigenvalue weighted by molar-refractivity contribution is 7.91. The van der Waals surface area contributed by atoms with Crippen LogP contribution in [0, 0.1) is 0 Å². The Kier molecular flexibility index (Phi) is 4.59. The van der Waals surface area contributed by atoms with Gasteiger partial charge < -0.3 is 10.6 Å². The smallest absolute Gasteiger partial charge is 0.248 e. The second-order valence-corrected chi connectivity index (χ2v) is 8.09. The van der Waals surface area contributed by atoms with Gasteiger partial charge in [0, 0.05) is 17.8 Å². The van der Waals surface area contributed by atoms with E-state index in [4.69, 9.17) is 5.73 Å². The van der Waals surface area contributed by atoms with Crippen molar-refractivity contribution in [2.75, 3.05) is 17.2 Å². The molecule has 0 radical (unpaired) electrons. The van der Waals surface area contributed by atoms with Crippen LogP contribution < -0.4 is 10.6 Å². The minimum atomic E-state index is -3.66. The molecule has 1 aliphatic heterocycles. The standard InChI is InChI=1S/C18H18N2O4S/c19-18(22)15-6-3-4-13(10-15)11-25(23,24)12-17(21)20-9-8-14-5-1-2-7-16(14)20/h1-7,10H,8-9,11-12H2,(H2,19,22). The molecule has 7 heteroatoms. The van der Waals surface area contributed by atoms with E-state index in [-0.39, 0.29) is 11.3 Å². The molecule has 1 aliphatic rings. The fraction of sp³-hybridized carbons (Fsp3) is 0.222. The Morgan fingerprint density at radius 2 is 1.84 bits per heavy atom. The van der Waals surface area contributed by atoms with Gasteiger partial charge in [0.15, 0.2) is 9.84 Å². The van der Waals surface area contributed by atoms with Gasteiger partial charge in [-0.2, -0.15) is 0 Å². The van der Waals surface area contributed by atoms with Crippen LogP contribution in [0.5, 0.6) is 0 Å². The average Bonchev–Trinajstić information content (AvgIpc) is 2.98. The molecular formula is C18H18N2O4S. The van der Waals surface area contributed by atoms with Crippen LogP contribution in [0.2, 0.25) is 0 Å². The van der Waals surface area contributed by atoms with Gasteiger partial charge in [-0.1, -0.05) is 30.3 Å². The Hall–Kier alpha value is -2.67. The number of amides is 2. The first-order valence-electron chi connectivity index (χ1n) is 7.83. The number of anilines is 1. The number of sulfone groups is 1. The Labute approximate surface area is 146 Å². The van der Waals surface area contributed by atoms with E-state index in [9.17, 15) is 18.0 Å². The van der Waals surface area contributed by atoms with Gasteiger partial charge in [-0.3, -0.25) is 9.59 Å². The number of para-hydroxylation sites is 1. The minimum Gasteiger partial charge on any atom is -0.366 e. The predicted molar refractivity (Wildman–Crippen MR) is 94.9 cm³/mol. The summed E-state index contributed by atoms with van der Waals surface area (Å²) in [6.45, 7) is 0.491. The third kappa shape index (κ3) is 3.88. The van der Waals surface area contributed by atoms with E-state index < -0.39 is 27.4 Å². The first kappa shape index (κ1) is 17.2. The van der Waals surface area contributed by atoms with E-state index in [0.717, 1.165) is 17.7 Å². The van der Waals surface area contributed by atoms with E-state index in [1.165, 1.54) is 17.0 Å². The highest BCUT2D eigenvalue weighted by atomic mass is 32.2. The first-order valence-corrected chi connectivity index (χ1v) is 9.65. The molecule has 0 saturated carbocycles. The molecular weight excluding hydrogens is 340 g/mol. The molecule has 3 rings (SSSR count). The summed E-state index contributed by atoms with van der Waals surface area (Å²) in [5, 5.41) is 0. The quantitative estimate of drug-likeness (QED) is 0.871. The van der Waals surface area contributed by atoms with Gasteiger partial charge >= 0.3 is 0 Å². The molecule has 25 heavy (non-hydrogen) atoms. The highest BCUT2D eigenvalue weighted by Crippen LogP contribution is 2.27. The zero-order valence-corrected chi connectivity index (χ0v) is 14.3.